The SMILES string of the molecule is CC.CC(=O)C1=CC=C(CN)CC1. The molecule has 1 aliphatic carbocycles. The minimum Gasteiger partial charge on any atom is -0.327 e. The molecule has 0 aromatic carbocycles. The number of ketones is 1. The van der Waals surface area contributed by atoms with Crippen LogP contribution in [0.2, 0.25) is 0 Å². The van der Waals surface area contributed by atoms with E-state index in [0.717, 1.165) is 18.4 Å². The Hall–Kier alpha value is -0.890. The van der Waals surface area contributed by atoms with Crippen molar-refractivity contribution in [2.75, 3.05) is 6.54 Å². The number of carbonyl (C=O) groups is 1. The van der Waals surface area contributed by atoms with Crippen LogP contribution in [0.15, 0.2) is 23.3 Å². The summed E-state index contributed by atoms with van der Waals surface area (Å²) in [4.78, 5) is 10.9. The van der Waals surface area contributed by atoms with Crippen molar-refractivity contribution in [1.29, 1.82) is 0 Å². The Labute approximate surface area is 80.5 Å². The predicted octanol–water partition coefficient (Wildman–Crippen LogP) is 2.21. The lowest BCUT2D eigenvalue weighted by Crippen LogP contribution is -2.08. The van der Waals surface area contributed by atoms with Gasteiger partial charge in [-0.3, -0.25) is 4.79 Å². The van der Waals surface area contributed by atoms with Gasteiger partial charge in [0.25, 0.3) is 0 Å². The molecule has 0 aliphatic heterocycles. The molecule has 2 heteroatoms. The summed E-state index contributed by atoms with van der Waals surface area (Å²) in [5.41, 5.74) is 7.59. The van der Waals surface area contributed by atoms with Crippen LogP contribution in [0.25, 0.3) is 0 Å². The highest BCUT2D eigenvalue weighted by atomic mass is 16.1. The van der Waals surface area contributed by atoms with E-state index in [0.29, 0.717) is 6.54 Å². The highest BCUT2D eigenvalue weighted by Crippen LogP contribution is 2.17. The molecule has 0 atom stereocenters. The molecule has 74 valence electrons. The van der Waals surface area contributed by atoms with Gasteiger partial charge in [0.05, 0.1) is 0 Å². The molecule has 0 heterocycles. The van der Waals surface area contributed by atoms with Crippen molar-refractivity contribution in [2.24, 2.45) is 5.73 Å². The number of nitrogens with two attached hydrogens (primary N) is 1. The van der Waals surface area contributed by atoms with Gasteiger partial charge in [0.1, 0.15) is 0 Å². The van der Waals surface area contributed by atoms with Crippen molar-refractivity contribution in [2.45, 2.75) is 33.6 Å². The number of rotatable bonds is 2. The maximum atomic E-state index is 10.9. The third-order valence-electron chi connectivity index (χ3n) is 1.95. The Balaban J connectivity index is 0.000000671. The molecule has 0 aromatic heterocycles. The summed E-state index contributed by atoms with van der Waals surface area (Å²) in [7, 11) is 0. The van der Waals surface area contributed by atoms with E-state index in [1.54, 1.807) is 6.92 Å². The van der Waals surface area contributed by atoms with Crippen LogP contribution in [0.3, 0.4) is 0 Å². The van der Waals surface area contributed by atoms with Gasteiger partial charge in [-0.2, -0.15) is 0 Å². The van der Waals surface area contributed by atoms with Crippen LogP contribution in [0.4, 0.5) is 0 Å². The second-order valence-corrected chi connectivity index (χ2v) is 2.78. The van der Waals surface area contributed by atoms with E-state index in [9.17, 15) is 4.79 Å². The fraction of sp³-hybridized carbons (Fsp3) is 0.545. The number of hydrogen-bond acceptors (Lipinski definition) is 2. The monoisotopic (exact) mass is 181 g/mol. The summed E-state index contributed by atoms with van der Waals surface area (Å²) < 4.78 is 0. The average molecular weight is 181 g/mol. The predicted molar refractivity (Wildman–Crippen MR) is 56.5 cm³/mol. The first kappa shape index (κ1) is 12.1. The zero-order chi connectivity index (χ0) is 10.3. The van der Waals surface area contributed by atoms with E-state index in [1.165, 1.54) is 5.57 Å². The molecule has 13 heavy (non-hydrogen) atoms. The normalized spacial score (nSPS) is 15.1. The molecular weight excluding hydrogens is 162 g/mol. The van der Waals surface area contributed by atoms with Gasteiger partial charge < -0.3 is 5.73 Å². The summed E-state index contributed by atoms with van der Waals surface area (Å²) in [6.45, 7) is 6.22. The van der Waals surface area contributed by atoms with Gasteiger partial charge in [-0.05, 0) is 25.3 Å². The topological polar surface area (TPSA) is 43.1 Å². The molecule has 0 fully saturated rings. The van der Waals surface area contributed by atoms with Gasteiger partial charge in [-0.1, -0.05) is 31.6 Å². The van der Waals surface area contributed by atoms with Crippen LogP contribution in [0, 0.1) is 0 Å². The smallest absolute Gasteiger partial charge is 0.155 e. The van der Waals surface area contributed by atoms with Crippen molar-refractivity contribution in [3.63, 3.8) is 0 Å². The fourth-order valence-corrected chi connectivity index (χ4v) is 1.14. The maximum absolute atomic E-state index is 10.9. The minimum absolute atomic E-state index is 0.178. The molecule has 0 radical (unpaired) electrons. The zero-order valence-corrected chi connectivity index (χ0v) is 8.76. The summed E-state index contributed by atoms with van der Waals surface area (Å²) in [6.07, 6.45) is 5.65. The lowest BCUT2D eigenvalue weighted by atomic mass is 9.96. The molecule has 0 saturated heterocycles. The molecule has 2 N–H and O–H groups in total. The first-order valence-electron chi connectivity index (χ1n) is 4.83. The molecule has 0 saturated carbocycles. The lowest BCUT2D eigenvalue weighted by Gasteiger charge is -2.10. The lowest BCUT2D eigenvalue weighted by molar-refractivity contribution is -0.113. The Morgan fingerprint density at radius 2 is 2.00 bits per heavy atom. The van der Waals surface area contributed by atoms with Gasteiger partial charge in [-0.25, -0.2) is 0 Å². The van der Waals surface area contributed by atoms with E-state index < -0.39 is 0 Å². The maximum Gasteiger partial charge on any atom is 0.155 e. The fourth-order valence-electron chi connectivity index (χ4n) is 1.14. The first-order valence-corrected chi connectivity index (χ1v) is 4.83. The van der Waals surface area contributed by atoms with Crippen LogP contribution >= 0.6 is 0 Å². The van der Waals surface area contributed by atoms with Crippen LogP contribution < -0.4 is 5.73 Å². The minimum atomic E-state index is 0.178. The first-order chi connectivity index (χ1) is 6.24. The number of Topliss-reactive ketones (excluding diaryl/α,β-unsaturated/α-hetero) is 1. The second kappa shape index (κ2) is 6.61. The average Bonchev–Trinajstić information content (AvgIpc) is 2.21. The quantitative estimate of drug-likeness (QED) is 0.709. The van der Waals surface area contributed by atoms with E-state index in [4.69, 9.17) is 5.73 Å². The standard InChI is InChI=1S/C9H13NO.C2H6/c1-7(11)9-4-2-8(6-10)3-5-9;1-2/h2,4H,3,5-6,10H2,1H3;1-2H3. The van der Waals surface area contributed by atoms with Gasteiger partial charge >= 0.3 is 0 Å². The summed E-state index contributed by atoms with van der Waals surface area (Å²) in [5.74, 6) is 0.178. The summed E-state index contributed by atoms with van der Waals surface area (Å²) >= 11 is 0. The Morgan fingerprint density at radius 1 is 1.38 bits per heavy atom. The summed E-state index contributed by atoms with van der Waals surface area (Å²) in [5, 5.41) is 0. The van der Waals surface area contributed by atoms with Crippen LogP contribution in [-0.2, 0) is 4.79 Å². The van der Waals surface area contributed by atoms with Crippen molar-refractivity contribution in [3.05, 3.63) is 23.3 Å². The molecule has 0 amide bonds. The molecule has 1 rings (SSSR count). The largest absolute Gasteiger partial charge is 0.327 e. The van der Waals surface area contributed by atoms with Crippen molar-refractivity contribution < 1.29 is 4.79 Å². The molecule has 0 spiro atoms. The molecule has 0 aromatic rings. The van der Waals surface area contributed by atoms with Crippen molar-refractivity contribution in [3.8, 4) is 0 Å². The van der Waals surface area contributed by atoms with E-state index in [2.05, 4.69) is 0 Å². The second-order valence-electron chi connectivity index (χ2n) is 2.78. The third kappa shape index (κ3) is 4.04. The van der Waals surface area contributed by atoms with Crippen molar-refractivity contribution in [1.82, 2.24) is 0 Å². The van der Waals surface area contributed by atoms with Gasteiger partial charge in [0.2, 0.25) is 0 Å². The van der Waals surface area contributed by atoms with E-state index in [1.807, 2.05) is 26.0 Å². The number of allylic oxidation sites excluding steroid dienone is 3. The van der Waals surface area contributed by atoms with Gasteiger partial charge in [0, 0.05) is 6.54 Å². The Kier molecular flexibility index (Phi) is 6.15. The zero-order valence-electron chi connectivity index (χ0n) is 8.76. The molecular formula is C11H19NO. The Bertz CT molecular complexity index is 226. The highest BCUT2D eigenvalue weighted by Gasteiger charge is 2.07. The highest BCUT2D eigenvalue weighted by molar-refractivity contribution is 5.93. The van der Waals surface area contributed by atoms with Gasteiger partial charge in [-0.15, -0.1) is 0 Å². The number of hydrogen-bond donors (Lipinski definition) is 1. The third-order valence-corrected chi connectivity index (χ3v) is 1.95. The van der Waals surface area contributed by atoms with Crippen LogP contribution in [-0.4, -0.2) is 12.3 Å². The summed E-state index contributed by atoms with van der Waals surface area (Å²) in [6, 6.07) is 0. The van der Waals surface area contributed by atoms with Gasteiger partial charge in [0.15, 0.2) is 5.78 Å². The van der Waals surface area contributed by atoms with Crippen molar-refractivity contribution >= 4 is 5.78 Å². The molecule has 0 unspecified atom stereocenters. The molecule has 0 bridgehead atoms. The molecule has 2 nitrogen and oxygen atoms in total. The number of carbonyl (C=O) groups excluding carboxylic acids is 1. The van der Waals surface area contributed by atoms with E-state index >= 15 is 0 Å². The molecule has 1 aliphatic rings. The Morgan fingerprint density at radius 3 is 2.31 bits per heavy atom. The van der Waals surface area contributed by atoms with E-state index in [-0.39, 0.29) is 5.78 Å². The van der Waals surface area contributed by atoms with Crippen LogP contribution in [0.5, 0.6) is 0 Å². The van der Waals surface area contributed by atoms with Crippen LogP contribution in [0.1, 0.15) is 33.6 Å².